The van der Waals surface area contributed by atoms with Crippen LogP contribution in [0.3, 0.4) is 0 Å². The molecule has 2 nitrogen and oxygen atoms in total. The summed E-state index contributed by atoms with van der Waals surface area (Å²) in [5, 5.41) is 3.25. The van der Waals surface area contributed by atoms with Crippen molar-refractivity contribution in [2.45, 2.75) is 18.9 Å². The zero-order valence-electron chi connectivity index (χ0n) is 8.92. The van der Waals surface area contributed by atoms with Gasteiger partial charge in [0, 0.05) is 19.6 Å². The summed E-state index contributed by atoms with van der Waals surface area (Å²) in [6.07, 6.45) is 1.02. The summed E-state index contributed by atoms with van der Waals surface area (Å²) in [6, 6.07) is 5.25. The molecule has 1 aliphatic heterocycles. The van der Waals surface area contributed by atoms with Gasteiger partial charge >= 0.3 is 0 Å². The van der Waals surface area contributed by atoms with Crippen molar-refractivity contribution in [3.05, 3.63) is 35.1 Å². The molecule has 15 heavy (non-hydrogen) atoms. The van der Waals surface area contributed by atoms with E-state index in [0.717, 1.165) is 30.6 Å². The van der Waals surface area contributed by atoms with Gasteiger partial charge in [0.1, 0.15) is 5.82 Å². The fraction of sp³-hybridized carbons (Fsp3) is 0.500. The molecule has 0 radical (unpaired) electrons. The molecular weight excluding hydrogens is 193 g/mol. The molecule has 1 fully saturated rings. The van der Waals surface area contributed by atoms with Gasteiger partial charge in [-0.15, -0.1) is 0 Å². The van der Waals surface area contributed by atoms with Gasteiger partial charge in [-0.1, -0.05) is 12.1 Å². The van der Waals surface area contributed by atoms with E-state index in [-0.39, 0.29) is 5.82 Å². The van der Waals surface area contributed by atoms with Gasteiger partial charge in [-0.2, -0.15) is 0 Å². The van der Waals surface area contributed by atoms with Crippen molar-refractivity contribution < 1.29 is 9.13 Å². The van der Waals surface area contributed by atoms with Crippen LogP contribution in [0.2, 0.25) is 0 Å². The number of hydrogen-bond donors (Lipinski definition) is 1. The Balaban J connectivity index is 2.23. The largest absolute Gasteiger partial charge is 0.380 e. The maximum atomic E-state index is 13.6. The maximum Gasteiger partial charge on any atom is 0.126 e. The van der Waals surface area contributed by atoms with Gasteiger partial charge in [0.25, 0.3) is 0 Å². The SMILES string of the molecule is COCc1ccc(F)c(C2CCNC2)c1. The first-order chi connectivity index (χ1) is 7.31. The predicted octanol–water partition coefficient (Wildman–Crippen LogP) is 2.05. The second-order valence-electron chi connectivity index (χ2n) is 3.98. The molecule has 0 saturated carbocycles. The molecule has 0 aromatic heterocycles. The van der Waals surface area contributed by atoms with E-state index in [9.17, 15) is 4.39 Å². The normalized spacial score (nSPS) is 20.8. The van der Waals surface area contributed by atoms with Crippen LogP contribution in [-0.4, -0.2) is 20.2 Å². The molecule has 1 saturated heterocycles. The van der Waals surface area contributed by atoms with Crippen LogP contribution in [0.25, 0.3) is 0 Å². The molecule has 0 aliphatic carbocycles. The third-order valence-electron chi connectivity index (χ3n) is 2.87. The fourth-order valence-corrected chi connectivity index (χ4v) is 2.08. The number of halogens is 1. The zero-order valence-corrected chi connectivity index (χ0v) is 8.92. The van der Waals surface area contributed by atoms with Crippen LogP contribution in [0.15, 0.2) is 18.2 Å². The highest BCUT2D eigenvalue weighted by molar-refractivity contribution is 5.28. The Labute approximate surface area is 89.4 Å². The number of hydrogen-bond acceptors (Lipinski definition) is 2. The molecule has 1 N–H and O–H groups in total. The van der Waals surface area contributed by atoms with Crippen molar-refractivity contribution >= 4 is 0 Å². The Hall–Kier alpha value is -0.930. The molecular formula is C12H16FNO. The molecule has 1 unspecified atom stereocenters. The lowest BCUT2D eigenvalue weighted by molar-refractivity contribution is 0.184. The van der Waals surface area contributed by atoms with Gasteiger partial charge in [0.05, 0.1) is 6.61 Å². The minimum absolute atomic E-state index is 0.0939. The second kappa shape index (κ2) is 4.73. The monoisotopic (exact) mass is 209 g/mol. The lowest BCUT2D eigenvalue weighted by Crippen LogP contribution is -2.09. The molecule has 1 aromatic carbocycles. The lowest BCUT2D eigenvalue weighted by Gasteiger charge is -2.11. The van der Waals surface area contributed by atoms with Crippen molar-refractivity contribution in [1.82, 2.24) is 5.32 Å². The van der Waals surface area contributed by atoms with Crippen molar-refractivity contribution in [3.8, 4) is 0 Å². The average Bonchev–Trinajstić information content (AvgIpc) is 2.74. The van der Waals surface area contributed by atoms with Crippen LogP contribution in [0.5, 0.6) is 0 Å². The van der Waals surface area contributed by atoms with Crippen LogP contribution in [-0.2, 0) is 11.3 Å². The minimum Gasteiger partial charge on any atom is -0.380 e. The number of rotatable bonds is 3. The molecule has 0 bridgehead atoms. The second-order valence-corrected chi connectivity index (χ2v) is 3.98. The molecule has 2 rings (SSSR count). The van der Waals surface area contributed by atoms with E-state index in [2.05, 4.69) is 5.32 Å². The van der Waals surface area contributed by atoms with E-state index in [1.807, 2.05) is 6.07 Å². The van der Waals surface area contributed by atoms with Crippen LogP contribution in [0, 0.1) is 5.82 Å². The average molecular weight is 209 g/mol. The molecule has 0 amide bonds. The molecule has 1 aliphatic rings. The minimum atomic E-state index is -0.0939. The summed E-state index contributed by atoms with van der Waals surface area (Å²) in [6.45, 7) is 2.42. The third-order valence-corrected chi connectivity index (χ3v) is 2.87. The first kappa shape index (κ1) is 10.6. The van der Waals surface area contributed by atoms with E-state index < -0.39 is 0 Å². The molecule has 82 valence electrons. The Bertz CT molecular complexity index is 334. The summed E-state index contributed by atoms with van der Waals surface area (Å²) < 4.78 is 18.6. The highest BCUT2D eigenvalue weighted by Crippen LogP contribution is 2.25. The third kappa shape index (κ3) is 2.36. The Morgan fingerprint density at radius 3 is 3.07 bits per heavy atom. The summed E-state index contributed by atoms with van der Waals surface area (Å²) >= 11 is 0. The van der Waals surface area contributed by atoms with Crippen molar-refractivity contribution in [2.24, 2.45) is 0 Å². The highest BCUT2D eigenvalue weighted by atomic mass is 19.1. The van der Waals surface area contributed by atoms with Crippen LogP contribution >= 0.6 is 0 Å². The van der Waals surface area contributed by atoms with Gasteiger partial charge in [0.2, 0.25) is 0 Å². The van der Waals surface area contributed by atoms with Crippen molar-refractivity contribution in [3.63, 3.8) is 0 Å². The van der Waals surface area contributed by atoms with Gasteiger partial charge in [-0.3, -0.25) is 0 Å². The molecule has 1 aromatic rings. The first-order valence-electron chi connectivity index (χ1n) is 5.29. The van der Waals surface area contributed by atoms with Gasteiger partial charge in [-0.25, -0.2) is 4.39 Å². The topological polar surface area (TPSA) is 21.3 Å². The molecule has 0 spiro atoms. The van der Waals surface area contributed by atoms with E-state index in [1.54, 1.807) is 19.2 Å². The molecule has 3 heteroatoms. The van der Waals surface area contributed by atoms with Crippen LogP contribution < -0.4 is 5.32 Å². The Morgan fingerprint density at radius 2 is 2.40 bits per heavy atom. The predicted molar refractivity (Wildman–Crippen MR) is 57.3 cm³/mol. The fourth-order valence-electron chi connectivity index (χ4n) is 2.08. The lowest BCUT2D eigenvalue weighted by atomic mass is 9.96. The summed E-state index contributed by atoms with van der Waals surface area (Å²) in [7, 11) is 1.65. The Kier molecular flexibility index (Phi) is 3.34. The number of methoxy groups -OCH3 is 1. The number of benzene rings is 1. The summed E-state index contributed by atoms with van der Waals surface area (Å²) in [5.41, 5.74) is 1.87. The Morgan fingerprint density at radius 1 is 1.53 bits per heavy atom. The smallest absolute Gasteiger partial charge is 0.126 e. The summed E-state index contributed by atoms with van der Waals surface area (Å²) in [5.74, 6) is 0.227. The van der Waals surface area contributed by atoms with E-state index >= 15 is 0 Å². The van der Waals surface area contributed by atoms with Crippen LogP contribution in [0.1, 0.15) is 23.5 Å². The van der Waals surface area contributed by atoms with E-state index in [1.165, 1.54) is 0 Å². The molecule has 1 heterocycles. The number of nitrogens with one attached hydrogen (secondary N) is 1. The number of ether oxygens (including phenoxy) is 1. The van der Waals surface area contributed by atoms with E-state index in [4.69, 9.17) is 4.74 Å². The van der Waals surface area contributed by atoms with Gasteiger partial charge in [0.15, 0.2) is 0 Å². The molecule has 1 atom stereocenters. The van der Waals surface area contributed by atoms with Gasteiger partial charge < -0.3 is 10.1 Å². The first-order valence-corrected chi connectivity index (χ1v) is 5.29. The zero-order chi connectivity index (χ0) is 10.7. The van der Waals surface area contributed by atoms with Crippen molar-refractivity contribution in [1.29, 1.82) is 0 Å². The van der Waals surface area contributed by atoms with Crippen LogP contribution in [0.4, 0.5) is 4.39 Å². The highest BCUT2D eigenvalue weighted by Gasteiger charge is 2.19. The standard InChI is InChI=1S/C12H16FNO/c1-15-8-9-2-3-12(13)11(6-9)10-4-5-14-7-10/h2-3,6,10,14H,4-5,7-8H2,1H3. The van der Waals surface area contributed by atoms with E-state index in [0.29, 0.717) is 12.5 Å². The summed E-state index contributed by atoms with van der Waals surface area (Å²) in [4.78, 5) is 0. The van der Waals surface area contributed by atoms with Gasteiger partial charge in [-0.05, 0) is 30.2 Å². The quantitative estimate of drug-likeness (QED) is 0.822. The van der Waals surface area contributed by atoms with Crippen molar-refractivity contribution in [2.75, 3.05) is 20.2 Å². The maximum absolute atomic E-state index is 13.6.